The minimum atomic E-state index is -0.673. The molecule has 1 N–H and O–H groups in total. The number of ether oxygens (including phenoxy) is 3. The number of aliphatic hydroxyl groups excluding tert-OH is 1. The molecule has 0 amide bonds. The highest BCUT2D eigenvalue weighted by Gasteiger charge is 2.23. The smallest absolute Gasteiger partial charge is 0.222 e. The number of halogens is 1. The van der Waals surface area contributed by atoms with Crippen LogP contribution < -0.4 is 4.74 Å². The molecule has 1 aromatic heterocycles. The minimum Gasteiger partial charge on any atom is -0.439 e. The monoisotopic (exact) mass is 535 g/mol. The van der Waals surface area contributed by atoms with Gasteiger partial charge in [-0.05, 0) is 29.8 Å². The van der Waals surface area contributed by atoms with Crippen molar-refractivity contribution in [2.24, 2.45) is 7.05 Å². The fourth-order valence-corrected chi connectivity index (χ4v) is 4.31. The highest BCUT2D eigenvalue weighted by molar-refractivity contribution is 6.30. The second kappa shape index (κ2) is 14.1. The normalized spacial score (nSPS) is 12.1. The van der Waals surface area contributed by atoms with Crippen LogP contribution in [0.1, 0.15) is 11.1 Å². The third-order valence-corrected chi connectivity index (χ3v) is 6.30. The predicted octanol–water partition coefficient (Wildman–Crippen LogP) is 5.56. The average Bonchev–Trinajstić information content (AvgIpc) is 3.24. The van der Waals surface area contributed by atoms with E-state index in [2.05, 4.69) is 4.90 Å². The molecule has 0 spiro atoms. The first-order chi connectivity index (χ1) is 18.5. The van der Waals surface area contributed by atoms with Gasteiger partial charge in [0.2, 0.25) is 5.88 Å². The van der Waals surface area contributed by atoms with Gasteiger partial charge in [-0.15, -0.1) is 0 Å². The third-order valence-electron chi connectivity index (χ3n) is 6.05. The highest BCUT2D eigenvalue weighted by Crippen LogP contribution is 2.34. The quantitative estimate of drug-likeness (QED) is 0.228. The standard InChI is InChI=1S/C30H34ClN3O4/c1-33-30(38-27-15-13-25(31)14-16-27)28(29(32-33)24-11-7-4-8-12-24)20-34(17-18-36-2)19-26(35)22-37-21-23-9-5-3-6-10-23/h3-16,26,35H,17-22H2,1-2H3/t26-/m1/s1. The van der Waals surface area contributed by atoms with Crippen LogP contribution >= 0.6 is 11.6 Å². The van der Waals surface area contributed by atoms with E-state index < -0.39 is 6.10 Å². The molecule has 1 heterocycles. The molecule has 0 unspecified atom stereocenters. The lowest BCUT2D eigenvalue weighted by molar-refractivity contribution is 0.00472. The van der Waals surface area contributed by atoms with Gasteiger partial charge in [-0.25, -0.2) is 4.68 Å². The van der Waals surface area contributed by atoms with Crippen LogP contribution in [0.5, 0.6) is 11.6 Å². The van der Waals surface area contributed by atoms with Gasteiger partial charge in [-0.2, -0.15) is 5.10 Å². The van der Waals surface area contributed by atoms with Crippen molar-refractivity contribution >= 4 is 11.6 Å². The Balaban J connectivity index is 1.54. The molecule has 0 aliphatic heterocycles. The van der Waals surface area contributed by atoms with E-state index in [9.17, 15) is 5.11 Å². The SMILES string of the molecule is COCCN(Cc1c(-c2ccccc2)nn(C)c1Oc1ccc(Cl)cc1)C[C@@H](O)COCc1ccccc1. The molecular formula is C30H34ClN3O4. The van der Waals surface area contributed by atoms with Crippen LogP contribution in [0.2, 0.25) is 5.02 Å². The van der Waals surface area contributed by atoms with E-state index >= 15 is 0 Å². The summed E-state index contributed by atoms with van der Waals surface area (Å²) < 4.78 is 19.2. The van der Waals surface area contributed by atoms with Gasteiger partial charge in [0.15, 0.2) is 0 Å². The maximum Gasteiger partial charge on any atom is 0.222 e. The molecule has 0 saturated carbocycles. The molecule has 200 valence electrons. The Labute approximate surface area is 229 Å². The van der Waals surface area contributed by atoms with Gasteiger partial charge < -0.3 is 19.3 Å². The molecule has 8 heteroatoms. The first-order valence-electron chi connectivity index (χ1n) is 12.6. The van der Waals surface area contributed by atoms with Gasteiger partial charge in [0.25, 0.3) is 0 Å². The Morgan fingerprint density at radius 2 is 1.66 bits per heavy atom. The Morgan fingerprint density at radius 3 is 2.34 bits per heavy atom. The van der Waals surface area contributed by atoms with Crippen molar-refractivity contribution in [2.45, 2.75) is 19.3 Å². The number of aliphatic hydroxyl groups is 1. The molecule has 38 heavy (non-hydrogen) atoms. The van der Waals surface area contributed by atoms with Gasteiger partial charge >= 0.3 is 0 Å². The van der Waals surface area contributed by atoms with Crippen LogP contribution in [0.25, 0.3) is 11.3 Å². The Hall–Kier alpha value is -3.20. The predicted molar refractivity (Wildman–Crippen MR) is 149 cm³/mol. The number of hydrogen-bond acceptors (Lipinski definition) is 6. The second-order valence-electron chi connectivity index (χ2n) is 9.06. The number of rotatable bonds is 14. The molecular weight excluding hydrogens is 502 g/mol. The van der Waals surface area contributed by atoms with E-state index in [0.717, 1.165) is 22.4 Å². The van der Waals surface area contributed by atoms with Crippen LogP contribution in [0.15, 0.2) is 84.9 Å². The average molecular weight is 536 g/mol. The first-order valence-corrected chi connectivity index (χ1v) is 13.0. The highest BCUT2D eigenvalue weighted by atomic mass is 35.5. The summed E-state index contributed by atoms with van der Waals surface area (Å²) in [6, 6.07) is 27.2. The summed E-state index contributed by atoms with van der Waals surface area (Å²) in [5.74, 6) is 1.29. The second-order valence-corrected chi connectivity index (χ2v) is 9.50. The molecule has 0 aliphatic rings. The lowest BCUT2D eigenvalue weighted by Crippen LogP contribution is -2.36. The zero-order chi connectivity index (χ0) is 26.7. The summed E-state index contributed by atoms with van der Waals surface area (Å²) in [6.07, 6.45) is -0.673. The van der Waals surface area contributed by atoms with Gasteiger partial charge in [-0.1, -0.05) is 72.3 Å². The number of hydrogen-bond donors (Lipinski definition) is 1. The zero-order valence-electron chi connectivity index (χ0n) is 21.8. The van der Waals surface area contributed by atoms with Crippen molar-refractivity contribution in [3.63, 3.8) is 0 Å². The summed E-state index contributed by atoms with van der Waals surface area (Å²) in [7, 11) is 3.54. The Morgan fingerprint density at radius 1 is 0.974 bits per heavy atom. The minimum absolute atomic E-state index is 0.227. The number of aromatic nitrogens is 2. The van der Waals surface area contributed by atoms with Crippen molar-refractivity contribution in [3.8, 4) is 22.9 Å². The van der Waals surface area contributed by atoms with Crippen molar-refractivity contribution < 1.29 is 19.3 Å². The van der Waals surface area contributed by atoms with Crippen LogP contribution in [-0.2, 0) is 29.7 Å². The van der Waals surface area contributed by atoms with Crippen molar-refractivity contribution in [3.05, 3.63) is 101 Å². The first kappa shape index (κ1) is 27.8. The van der Waals surface area contributed by atoms with E-state index in [1.165, 1.54) is 0 Å². The zero-order valence-corrected chi connectivity index (χ0v) is 22.6. The van der Waals surface area contributed by atoms with Gasteiger partial charge in [0.1, 0.15) is 11.4 Å². The number of nitrogens with zero attached hydrogens (tertiary/aromatic N) is 3. The molecule has 0 saturated heterocycles. The summed E-state index contributed by atoms with van der Waals surface area (Å²) in [6.45, 7) is 2.73. The third kappa shape index (κ3) is 7.90. The van der Waals surface area contributed by atoms with Crippen molar-refractivity contribution in [1.29, 1.82) is 0 Å². The number of benzene rings is 3. The summed E-state index contributed by atoms with van der Waals surface area (Å²) in [5, 5.41) is 16.3. The van der Waals surface area contributed by atoms with Crippen LogP contribution in [0, 0.1) is 0 Å². The maximum absolute atomic E-state index is 10.8. The van der Waals surface area contributed by atoms with Crippen molar-refractivity contribution in [1.82, 2.24) is 14.7 Å². The van der Waals surface area contributed by atoms with E-state index in [4.69, 9.17) is 30.9 Å². The molecule has 0 fully saturated rings. The Kier molecular flexibility index (Phi) is 10.3. The number of methoxy groups -OCH3 is 1. The molecule has 4 rings (SSSR count). The maximum atomic E-state index is 10.8. The summed E-state index contributed by atoms with van der Waals surface area (Å²) >= 11 is 6.07. The molecule has 0 bridgehead atoms. The van der Waals surface area contributed by atoms with Crippen molar-refractivity contribution in [2.75, 3.05) is 33.4 Å². The summed E-state index contributed by atoms with van der Waals surface area (Å²) in [4.78, 5) is 2.14. The summed E-state index contributed by atoms with van der Waals surface area (Å²) in [5.41, 5.74) is 3.81. The van der Waals surface area contributed by atoms with Crippen LogP contribution in [0.4, 0.5) is 0 Å². The lowest BCUT2D eigenvalue weighted by atomic mass is 10.1. The van der Waals surface area contributed by atoms with E-state index in [1.54, 1.807) is 23.9 Å². The fraction of sp³-hybridized carbons (Fsp3) is 0.300. The molecule has 7 nitrogen and oxygen atoms in total. The van der Waals surface area contributed by atoms with Gasteiger partial charge in [0, 0.05) is 44.4 Å². The van der Waals surface area contributed by atoms with E-state index in [-0.39, 0.29) is 6.61 Å². The lowest BCUT2D eigenvalue weighted by Gasteiger charge is -2.25. The van der Waals surface area contributed by atoms with Crippen LogP contribution in [-0.4, -0.2) is 59.3 Å². The molecule has 0 radical (unpaired) electrons. The Bertz CT molecular complexity index is 1250. The van der Waals surface area contributed by atoms with Gasteiger partial charge in [0.05, 0.1) is 31.5 Å². The molecule has 3 aromatic carbocycles. The largest absolute Gasteiger partial charge is 0.439 e. The van der Waals surface area contributed by atoms with E-state index in [0.29, 0.717) is 49.5 Å². The number of aryl methyl sites for hydroxylation is 1. The fourth-order valence-electron chi connectivity index (χ4n) is 4.18. The topological polar surface area (TPSA) is 69.0 Å². The van der Waals surface area contributed by atoms with Gasteiger partial charge in [-0.3, -0.25) is 4.90 Å². The molecule has 0 aliphatic carbocycles. The molecule has 1 atom stereocenters. The molecule has 4 aromatic rings. The van der Waals surface area contributed by atoms with E-state index in [1.807, 2.05) is 79.8 Å². The van der Waals surface area contributed by atoms with Crippen LogP contribution in [0.3, 0.4) is 0 Å².